The molecule has 0 unspecified atom stereocenters. The maximum atomic E-state index is 8.89. The average molecular weight is 329 g/mol. The molecule has 0 rings (SSSR count). The van der Waals surface area contributed by atoms with Gasteiger partial charge in [0.15, 0.2) is 0 Å². The van der Waals surface area contributed by atoms with E-state index in [2.05, 4.69) is 0 Å². The normalized spacial score (nSPS) is 4.42. The Morgan fingerprint density at radius 3 is 1.08 bits per heavy atom. The summed E-state index contributed by atoms with van der Waals surface area (Å²) in [6.45, 7) is 0.972. The second kappa shape index (κ2) is 29.9. The van der Waals surface area contributed by atoms with Gasteiger partial charge in [-0.25, -0.2) is 0 Å². The fraction of sp³-hybridized carbons (Fsp3) is 0.333. The van der Waals surface area contributed by atoms with Gasteiger partial charge in [0.1, 0.15) is 0 Å². The average Bonchev–Trinajstić information content (AvgIpc) is 1.66. The third-order valence-electron chi connectivity index (χ3n) is 0. The molecule has 0 saturated heterocycles. The smallest absolute Gasteiger partial charge is 2.00 e. The van der Waals surface area contributed by atoms with Crippen LogP contribution in [0.2, 0.25) is 0 Å². The van der Waals surface area contributed by atoms with Crippen molar-refractivity contribution in [2.75, 3.05) is 0 Å². The van der Waals surface area contributed by atoms with Crippen LogP contribution in [0.4, 0.5) is 4.79 Å². The van der Waals surface area contributed by atoms with Crippen LogP contribution in [0.1, 0.15) is 6.92 Å². The SMILES string of the molecule is CC(=O)[O-].O=C([O-])[O-].[Li+].[O]=[Sb+].[Zn+2]. The van der Waals surface area contributed by atoms with Crippen LogP contribution in [-0.2, 0) is 27.3 Å². The molecule has 6 nitrogen and oxygen atoms in total. The Kier molecular flexibility index (Phi) is 73.3. The van der Waals surface area contributed by atoms with E-state index in [1.54, 1.807) is 0 Å². The zero-order valence-electron chi connectivity index (χ0n) is 6.60. The van der Waals surface area contributed by atoms with Crippen molar-refractivity contribution in [2.24, 2.45) is 0 Å². The van der Waals surface area contributed by atoms with Crippen LogP contribution in [0.5, 0.6) is 0 Å². The first kappa shape index (κ1) is 29.4. The molecule has 0 aromatic carbocycles. The molecule has 0 aliphatic heterocycles. The van der Waals surface area contributed by atoms with Crippen molar-refractivity contribution in [2.45, 2.75) is 6.92 Å². The number of carboxylic acids is 1. The van der Waals surface area contributed by atoms with Gasteiger partial charge >= 0.3 is 64.4 Å². The van der Waals surface area contributed by atoms with Crippen LogP contribution < -0.4 is 34.2 Å². The summed E-state index contributed by atoms with van der Waals surface area (Å²) >= 11 is 0.500. The van der Waals surface area contributed by atoms with Crippen LogP contribution in [0.15, 0.2) is 0 Å². The van der Waals surface area contributed by atoms with Crippen LogP contribution in [-0.4, -0.2) is 35.1 Å². The number of carbonyl (C=O) groups is 2. The summed E-state index contributed by atoms with van der Waals surface area (Å²) in [5.41, 5.74) is 0. The Balaban J connectivity index is -0.0000000198. The van der Waals surface area contributed by atoms with Crippen LogP contribution in [0.3, 0.4) is 0 Å². The Hall–Kier alpha value is 0.579. The molecule has 58 valence electrons. The molecule has 0 aliphatic carbocycles. The van der Waals surface area contributed by atoms with E-state index in [1.807, 2.05) is 0 Å². The summed E-state index contributed by atoms with van der Waals surface area (Å²) in [7, 11) is 0. The molecule has 0 aromatic rings. The summed E-state index contributed by atoms with van der Waals surface area (Å²) in [5, 5.41) is 25.6. The van der Waals surface area contributed by atoms with Crippen molar-refractivity contribution >= 4 is 35.1 Å². The van der Waals surface area contributed by atoms with Gasteiger partial charge in [-0.2, -0.15) is 0 Å². The van der Waals surface area contributed by atoms with E-state index in [9.17, 15) is 0 Å². The Morgan fingerprint density at radius 1 is 1.08 bits per heavy atom. The first-order valence-corrected chi connectivity index (χ1v) is 2.75. The molecule has 0 N–H and O–H groups in total. The molecule has 0 spiro atoms. The topological polar surface area (TPSA) is 120 Å². The monoisotopic (exact) mass is 327 g/mol. The quantitative estimate of drug-likeness (QED) is 0.407. The summed E-state index contributed by atoms with van der Waals surface area (Å²) in [5.74, 6) is -1.08. The molecule has 0 amide bonds. The second-order valence-corrected chi connectivity index (χ2v) is 0.742. The third-order valence-corrected chi connectivity index (χ3v) is 0. The molecule has 12 heavy (non-hydrogen) atoms. The summed E-state index contributed by atoms with van der Waals surface area (Å²) in [4.78, 5) is 17.2. The zero-order valence-corrected chi connectivity index (χ0v) is 12.1. The molecule has 0 aromatic heterocycles. The molecule has 0 saturated carbocycles. The van der Waals surface area contributed by atoms with Crippen molar-refractivity contribution in [3.63, 3.8) is 0 Å². The van der Waals surface area contributed by atoms with Crippen molar-refractivity contribution in [3.8, 4) is 0 Å². The van der Waals surface area contributed by atoms with Crippen LogP contribution >= 0.6 is 0 Å². The zero-order chi connectivity index (χ0) is 9.15. The Labute approximate surface area is 108 Å². The minimum atomic E-state index is -2.33. The number of rotatable bonds is 0. The fourth-order valence-electron chi connectivity index (χ4n) is 0. The first-order valence-electron chi connectivity index (χ1n) is 1.70. The minimum absolute atomic E-state index is 0. The number of hydrogen-bond acceptors (Lipinski definition) is 6. The van der Waals surface area contributed by atoms with E-state index in [0.29, 0.717) is 23.0 Å². The molecule has 2 radical (unpaired) electrons. The minimum Gasteiger partial charge on any atom is 2.00 e. The second-order valence-electron chi connectivity index (χ2n) is 0.742. The Bertz CT molecular complexity index is 91.0. The van der Waals surface area contributed by atoms with E-state index in [-0.39, 0.29) is 38.3 Å². The van der Waals surface area contributed by atoms with Gasteiger partial charge in [0, 0.05) is 5.97 Å². The van der Waals surface area contributed by atoms with Crippen molar-refractivity contribution < 1.29 is 66.3 Å². The van der Waals surface area contributed by atoms with Crippen molar-refractivity contribution in [1.29, 1.82) is 0 Å². The predicted molar refractivity (Wildman–Crippen MR) is 22.5 cm³/mol. The maximum Gasteiger partial charge on any atom is 2.00 e. The van der Waals surface area contributed by atoms with Gasteiger partial charge in [-0.05, 0) is 13.1 Å². The van der Waals surface area contributed by atoms with Gasteiger partial charge in [0.05, 0.1) is 0 Å². The van der Waals surface area contributed by atoms with Crippen LogP contribution in [0.25, 0.3) is 0 Å². The first-order chi connectivity index (χ1) is 4.46. The van der Waals surface area contributed by atoms with E-state index < -0.39 is 12.1 Å². The molecule has 0 fully saturated rings. The molecule has 0 atom stereocenters. The van der Waals surface area contributed by atoms with Gasteiger partial charge in [-0.3, -0.25) is 0 Å². The maximum absolute atomic E-state index is 8.89. The van der Waals surface area contributed by atoms with E-state index in [4.69, 9.17) is 27.9 Å². The summed E-state index contributed by atoms with van der Waals surface area (Å²) < 4.78 is 8.30. The number of hydrogen-bond donors (Lipinski definition) is 0. The van der Waals surface area contributed by atoms with E-state index in [0.717, 1.165) is 6.92 Å². The van der Waals surface area contributed by atoms with Crippen molar-refractivity contribution in [1.82, 2.24) is 0 Å². The van der Waals surface area contributed by atoms with E-state index >= 15 is 0 Å². The van der Waals surface area contributed by atoms with Gasteiger partial charge < -0.3 is 24.9 Å². The van der Waals surface area contributed by atoms with Gasteiger partial charge in [0.25, 0.3) is 0 Å². The van der Waals surface area contributed by atoms with Crippen molar-refractivity contribution in [3.05, 3.63) is 0 Å². The fourth-order valence-corrected chi connectivity index (χ4v) is 0. The summed E-state index contributed by atoms with van der Waals surface area (Å²) in [6, 6.07) is 0. The molecule has 0 bridgehead atoms. The molecule has 9 heteroatoms. The predicted octanol–water partition coefficient (Wildman–Crippen LogP) is -7.19. The van der Waals surface area contributed by atoms with Gasteiger partial charge in [-0.15, -0.1) is 0 Å². The standard InChI is InChI=1S/C2H4O2.CH2O3.Li.O.Sb.Zn/c1-2(3)4;2-1(3)4;;;;/h1H3,(H,3,4);(H2,2,3,4);;;;/q;;+1;;+1;+2/p-3. The summed E-state index contributed by atoms with van der Waals surface area (Å²) in [6.07, 6.45) is -2.33. The largest absolute Gasteiger partial charge is 2.00 e. The number of carboxylic acid groups (broad SMARTS) is 3. The molecule has 0 heterocycles. The molecular formula is C3H3LiO6SbZn+. The Morgan fingerprint density at radius 2 is 1.08 bits per heavy atom. The van der Waals surface area contributed by atoms with E-state index in [1.165, 1.54) is 0 Å². The number of carbonyl (C=O) groups excluding carboxylic acids is 2. The molecule has 0 aliphatic rings. The van der Waals surface area contributed by atoms with Gasteiger partial charge in [-0.1, -0.05) is 0 Å². The molecular weight excluding hydrogens is 326 g/mol. The van der Waals surface area contributed by atoms with Crippen LogP contribution in [0, 0.1) is 0 Å². The third kappa shape index (κ3) is 2900. The van der Waals surface area contributed by atoms with Gasteiger partial charge in [0.2, 0.25) is 0 Å². The number of aliphatic carboxylic acids is 1.